The van der Waals surface area contributed by atoms with Gasteiger partial charge in [-0.15, -0.1) is 22.9 Å². The van der Waals surface area contributed by atoms with E-state index < -0.39 is 0 Å². The topological polar surface area (TPSA) is 16.1 Å². The van der Waals surface area contributed by atoms with E-state index in [0.29, 0.717) is 5.88 Å². The number of aromatic nitrogens is 1. The van der Waals surface area contributed by atoms with Gasteiger partial charge in [-0.25, -0.2) is 4.98 Å². The molecule has 2 atom stereocenters. The molecule has 2 heterocycles. The van der Waals surface area contributed by atoms with Crippen LogP contribution in [-0.2, 0) is 12.3 Å². The minimum absolute atomic E-state index is 0.549. The maximum Gasteiger partial charge on any atom is 0.0928 e. The van der Waals surface area contributed by atoms with E-state index in [0.717, 1.165) is 24.1 Å². The molecule has 0 amide bonds. The number of nitrogens with zero attached hydrogens (tertiary/aromatic N) is 2. The van der Waals surface area contributed by atoms with Crippen LogP contribution in [0, 0.1) is 5.92 Å². The van der Waals surface area contributed by atoms with Gasteiger partial charge in [-0.3, -0.25) is 0 Å². The summed E-state index contributed by atoms with van der Waals surface area (Å²) in [5, 5.41) is 3.36. The second-order valence-electron chi connectivity index (χ2n) is 6.26. The molecule has 0 aromatic carbocycles. The number of hydrogen-bond donors (Lipinski definition) is 0. The van der Waals surface area contributed by atoms with Gasteiger partial charge in [-0.2, -0.15) is 0 Å². The highest BCUT2D eigenvalue weighted by Crippen LogP contribution is 2.36. The average molecular weight is 313 g/mol. The molecule has 1 aromatic heterocycles. The van der Waals surface area contributed by atoms with E-state index in [1.165, 1.54) is 63.0 Å². The number of thiazole rings is 1. The van der Waals surface area contributed by atoms with Crippen molar-refractivity contribution < 1.29 is 0 Å². The van der Waals surface area contributed by atoms with E-state index >= 15 is 0 Å². The lowest BCUT2D eigenvalue weighted by molar-refractivity contribution is 0.111. The second-order valence-corrected chi connectivity index (χ2v) is 7.47. The number of halogens is 1. The van der Waals surface area contributed by atoms with E-state index in [9.17, 15) is 0 Å². The van der Waals surface area contributed by atoms with Crippen LogP contribution < -0.4 is 0 Å². The maximum atomic E-state index is 5.79. The van der Waals surface area contributed by atoms with Gasteiger partial charge >= 0.3 is 0 Å². The van der Waals surface area contributed by atoms with Gasteiger partial charge in [0.05, 0.1) is 16.6 Å². The maximum absolute atomic E-state index is 5.79. The third kappa shape index (κ3) is 3.55. The summed E-state index contributed by atoms with van der Waals surface area (Å²) in [4.78, 5) is 7.32. The SMILES string of the molecule is ClCc1csc(CCCCN2CCCC3CCCC32)n1. The summed E-state index contributed by atoms with van der Waals surface area (Å²) in [6.45, 7) is 2.64. The smallest absolute Gasteiger partial charge is 0.0928 e. The summed E-state index contributed by atoms with van der Waals surface area (Å²) in [5.41, 5.74) is 1.04. The van der Waals surface area contributed by atoms with Crippen LogP contribution in [0.15, 0.2) is 5.38 Å². The Bertz CT molecular complexity index is 420. The van der Waals surface area contributed by atoms with Crippen molar-refractivity contribution in [2.45, 2.75) is 63.3 Å². The quantitative estimate of drug-likeness (QED) is 0.569. The van der Waals surface area contributed by atoms with E-state index in [2.05, 4.69) is 15.3 Å². The third-order valence-electron chi connectivity index (χ3n) is 4.93. The average Bonchev–Trinajstić information content (AvgIpc) is 3.12. The van der Waals surface area contributed by atoms with Crippen LogP contribution in [0.2, 0.25) is 0 Å². The molecule has 0 N–H and O–H groups in total. The Kier molecular flexibility index (Phi) is 5.36. The van der Waals surface area contributed by atoms with E-state index in [1.54, 1.807) is 11.3 Å². The van der Waals surface area contributed by atoms with Gasteiger partial charge in [0, 0.05) is 11.4 Å². The van der Waals surface area contributed by atoms with Gasteiger partial charge in [-0.05, 0) is 64.0 Å². The van der Waals surface area contributed by atoms with Crippen LogP contribution in [-0.4, -0.2) is 29.0 Å². The Morgan fingerprint density at radius 2 is 2.15 bits per heavy atom. The van der Waals surface area contributed by atoms with Gasteiger partial charge in [0.2, 0.25) is 0 Å². The van der Waals surface area contributed by atoms with Gasteiger partial charge in [0.15, 0.2) is 0 Å². The molecule has 2 fully saturated rings. The fraction of sp³-hybridized carbons (Fsp3) is 0.812. The number of alkyl halides is 1. The highest BCUT2D eigenvalue weighted by Gasteiger charge is 2.34. The Hall–Kier alpha value is -0.120. The molecule has 1 aliphatic carbocycles. The molecule has 1 aromatic rings. The molecule has 112 valence electrons. The molecule has 0 radical (unpaired) electrons. The number of piperidine rings is 1. The predicted octanol–water partition coefficient (Wildman–Crippen LogP) is 4.47. The first-order valence-electron chi connectivity index (χ1n) is 8.10. The number of aryl methyl sites for hydroxylation is 1. The lowest BCUT2D eigenvalue weighted by atomic mass is 9.92. The van der Waals surface area contributed by atoms with Crippen molar-refractivity contribution in [1.82, 2.24) is 9.88 Å². The lowest BCUT2D eigenvalue weighted by Crippen LogP contribution is -2.42. The summed E-state index contributed by atoms with van der Waals surface area (Å²) < 4.78 is 0. The molecule has 1 saturated heterocycles. The molecular formula is C16H25ClN2S. The molecule has 4 heteroatoms. The van der Waals surface area contributed by atoms with Crippen molar-refractivity contribution in [3.63, 3.8) is 0 Å². The number of hydrogen-bond acceptors (Lipinski definition) is 3. The van der Waals surface area contributed by atoms with Crippen molar-refractivity contribution in [1.29, 1.82) is 0 Å². The second kappa shape index (κ2) is 7.24. The molecule has 1 aliphatic heterocycles. The van der Waals surface area contributed by atoms with Gasteiger partial charge in [0.25, 0.3) is 0 Å². The Labute approximate surface area is 131 Å². The highest BCUT2D eigenvalue weighted by atomic mass is 35.5. The van der Waals surface area contributed by atoms with Gasteiger partial charge in [0.1, 0.15) is 0 Å². The summed E-state index contributed by atoms with van der Waals surface area (Å²) in [7, 11) is 0. The Morgan fingerprint density at radius 3 is 3.00 bits per heavy atom. The van der Waals surface area contributed by atoms with Crippen LogP contribution in [0.4, 0.5) is 0 Å². The molecule has 2 nitrogen and oxygen atoms in total. The van der Waals surface area contributed by atoms with Crippen LogP contribution in [0.3, 0.4) is 0 Å². The summed E-state index contributed by atoms with van der Waals surface area (Å²) >= 11 is 7.56. The first-order chi connectivity index (χ1) is 9.86. The number of fused-ring (bicyclic) bond motifs is 1. The zero-order valence-corrected chi connectivity index (χ0v) is 13.8. The zero-order chi connectivity index (χ0) is 13.8. The van der Waals surface area contributed by atoms with Crippen molar-refractivity contribution in [3.05, 3.63) is 16.1 Å². The fourth-order valence-corrected chi connectivity index (χ4v) is 5.02. The third-order valence-corrected chi connectivity index (χ3v) is 6.16. The van der Waals surface area contributed by atoms with Gasteiger partial charge < -0.3 is 4.90 Å². The zero-order valence-electron chi connectivity index (χ0n) is 12.2. The number of unbranched alkanes of at least 4 members (excludes halogenated alkanes) is 1. The molecule has 2 aliphatic rings. The molecule has 3 rings (SSSR count). The summed E-state index contributed by atoms with van der Waals surface area (Å²) in [6.07, 6.45) is 11.0. The standard InChI is InChI=1S/C16H25ClN2S/c17-11-14-12-20-16(18-14)8-1-2-9-19-10-4-6-13-5-3-7-15(13)19/h12-13,15H,1-11H2. The van der Waals surface area contributed by atoms with E-state index in [4.69, 9.17) is 11.6 Å². The molecule has 0 spiro atoms. The van der Waals surface area contributed by atoms with Crippen molar-refractivity contribution in [2.75, 3.05) is 13.1 Å². The molecule has 2 unspecified atom stereocenters. The van der Waals surface area contributed by atoms with E-state index in [-0.39, 0.29) is 0 Å². The van der Waals surface area contributed by atoms with Crippen LogP contribution in [0.5, 0.6) is 0 Å². The highest BCUT2D eigenvalue weighted by molar-refractivity contribution is 7.09. The summed E-state index contributed by atoms with van der Waals surface area (Å²) in [5.74, 6) is 1.57. The molecule has 20 heavy (non-hydrogen) atoms. The monoisotopic (exact) mass is 312 g/mol. The van der Waals surface area contributed by atoms with Crippen LogP contribution in [0.1, 0.15) is 55.6 Å². The van der Waals surface area contributed by atoms with Crippen molar-refractivity contribution >= 4 is 22.9 Å². The first kappa shape index (κ1) is 14.8. The lowest BCUT2D eigenvalue weighted by Gasteiger charge is -2.37. The van der Waals surface area contributed by atoms with Crippen LogP contribution >= 0.6 is 22.9 Å². The summed E-state index contributed by atoms with van der Waals surface area (Å²) in [6, 6.07) is 0.923. The predicted molar refractivity (Wildman–Crippen MR) is 86.5 cm³/mol. The first-order valence-corrected chi connectivity index (χ1v) is 9.51. The number of likely N-dealkylation sites (tertiary alicyclic amines) is 1. The Balaban J connectivity index is 1.39. The minimum Gasteiger partial charge on any atom is -0.300 e. The van der Waals surface area contributed by atoms with Gasteiger partial charge in [-0.1, -0.05) is 6.42 Å². The molecule has 1 saturated carbocycles. The Morgan fingerprint density at radius 1 is 1.25 bits per heavy atom. The van der Waals surface area contributed by atoms with E-state index in [1.807, 2.05) is 0 Å². The molecule has 0 bridgehead atoms. The van der Waals surface area contributed by atoms with Crippen LogP contribution in [0.25, 0.3) is 0 Å². The number of rotatable bonds is 6. The largest absolute Gasteiger partial charge is 0.300 e. The van der Waals surface area contributed by atoms with Crippen molar-refractivity contribution in [3.8, 4) is 0 Å². The fourth-order valence-electron chi connectivity index (χ4n) is 3.95. The molecular weight excluding hydrogens is 288 g/mol. The van der Waals surface area contributed by atoms with Crippen molar-refractivity contribution in [2.24, 2.45) is 5.92 Å². The normalized spacial score (nSPS) is 26.9. The minimum atomic E-state index is 0.549.